The van der Waals surface area contributed by atoms with Gasteiger partial charge >= 0.3 is 0 Å². The molecule has 0 bridgehead atoms. The van der Waals surface area contributed by atoms with Gasteiger partial charge in [-0.1, -0.05) is 0 Å². The van der Waals surface area contributed by atoms with Gasteiger partial charge in [-0.3, -0.25) is 0 Å². The Bertz CT molecular complexity index is 721. The molecule has 0 aliphatic carbocycles. The van der Waals surface area contributed by atoms with Crippen LogP contribution in [0.2, 0.25) is 0 Å². The molecule has 2 aromatic heterocycles. The molecule has 1 fully saturated rings. The molecule has 1 atom stereocenters. The molecule has 0 aromatic carbocycles. The van der Waals surface area contributed by atoms with E-state index in [2.05, 4.69) is 9.97 Å². The Hall–Kier alpha value is -1.44. The third kappa shape index (κ3) is 2.03. The number of hydrogen-bond donors (Lipinski definition) is 2. The van der Waals surface area contributed by atoms with Crippen molar-refractivity contribution in [2.75, 3.05) is 13.1 Å². The van der Waals surface area contributed by atoms with Gasteiger partial charge in [0.1, 0.15) is 10.5 Å². The molecule has 0 spiro atoms. The highest BCUT2D eigenvalue weighted by molar-refractivity contribution is 7.89. The fraction of sp³-hybridized carbons (Fsp3) is 0.417. The van der Waals surface area contributed by atoms with Gasteiger partial charge in [-0.25, -0.2) is 13.4 Å². The lowest BCUT2D eigenvalue weighted by Crippen LogP contribution is -2.33. The van der Waals surface area contributed by atoms with E-state index in [4.69, 9.17) is 0 Å². The van der Waals surface area contributed by atoms with Gasteiger partial charge in [-0.2, -0.15) is 4.31 Å². The molecule has 102 valence electrons. The minimum atomic E-state index is -3.59. The molecular weight excluding hydrogens is 266 g/mol. The minimum absolute atomic E-state index is 0.127. The molecule has 3 rings (SSSR count). The largest absolute Gasteiger partial charge is 0.389 e. The zero-order valence-electron chi connectivity index (χ0n) is 10.5. The van der Waals surface area contributed by atoms with Gasteiger partial charge in [0.05, 0.1) is 5.60 Å². The van der Waals surface area contributed by atoms with Crippen LogP contribution in [0.1, 0.15) is 13.3 Å². The Balaban J connectivity index is 2.06. The number of nitrogens with zero attached hydrogens (tertiary/aromatic N) is 2. The van der Waals surface area contributed by atoms with Crippen molar-refractivity contribution >= 4 is 21.1 Å². The molecule has 2 aromatic rings. The van der Waals surface area contributed by atoms with E-state index < -0.39 is 15.6 Å². The number of nitrogens with one attached hydrogen (secondary N) is 1. The van der Waals surface area contributed by atoms with Crippen molar-refractivity contribution in [2.24, 2.45) is 0 Å². The Morgan fingerprint density at radius 1 is 1.53 bits per heavy atom. The van der Waals surface area contributed by atoms with Crippen molar-refractivity contribution in [3.63, 3.8) is 0 Å². The van der Waals surface area contributed by atoms with Gasteiger partial charge in [0, 0.05) is 30.9 Å². The maximum atomic E-state index is 12.6. The van der Waals surface area contributed by atoms with Gasteiger partial charge in [-0.05, 0) is 25.5 Å². The third-order valence-electron chi connectivity index (χ3n) is 3.45. The monoisotopic (exact) mass is 281 g/mol. The molecule has 0 radical (unpaired) electrons. The first-order valence-electron chi connectivity index (χ1n) is 6.05. The van der Waals surface area contributed by atoms with Crippen molar-refractivity contribution in [1.29, 1.82) is 0 Å². The van der Waals surface area contributed by atoms with Crippen LogP contribution in [0.5, 0.6) is 0 Å². The highest BCUT2D eigenvalue weighted by Crippen LogP contribution is 2.29. The topological polar surface area (TPSA) is 86.3 Å². The van der Waals surface area contributed by atoms with Crippen LogP contribution in [0, 0.1) is 0 Å². The van der Waals surface area contributed by atoms with Gasteiger partial charge < -0.3 is 10.1 Å². The molecule has 2 N–H and O–H groups in total. The third-order valence-corrected chi connectivity index (χ3v) is 5.33. The number of β-amino-alcohol motifs (C(OH)–C–C–N with tert-alkyl or cyclic N) is 1. The Morgan fingerprint density at radius 3 is 3.00 bits per heavy atom. The number of aromatic amines is 1. The van der Waals surface area contributed by atoms with Crippen LogP contribution in [0.4, 0.5) is 0 Å². The highest BCUT2D eigenvalue weighted by atomic mass is 32.2. The normalized spacial score (nSPS) is 25.2. The second kappa shape index (κ2) is 4.03. The maximum absolute atomic E-state index is 12.6. The lowest BCUT2D eigenvalue weighted by Gasteiger charge is -2.18. The molecule has 1 aliphatic heterocycles. The number of aliphatic hydroxyl groups is 1. The van der Waals surface area contributed by atoms with Crippen LogP contribution in [-0.4, -0.2) is 46.5 Å². The summed E-state index contributed by atoms with van der Waals surface area (Å²) in [4.78, 5) is 7.16. The molecule has 1 aliphatic rings. The summed E-state index contributed by atoms with van der Waals surface area (Å²) in [6.07, 6.45) is 3.52. The smallest absolute Gasteiger partial charge is 0.245 e. The predicted molar refractivity (Wildman–Crippen MR) is 70.1 cm³/mol. The zero-order valence-corrected chi connectivity index (χ0v) is 11.3. The van der Waals surface area contributed by atoms with E-state index in [1.54, 1.807) is 25.3 Å². The summed E-state index contributed by atoms with van der Waals surface area (Å²) in [7, 11) is -3.59. The second-order valence-corrected chi connectivity index (χ2v) is 7.04. The van der Waals surface area contributed by atoms with Crippen LogP contribution in [-0.2, 0) is 10.0 Å². The number of aromatic nitrogens is 2. The van der Waals surface area contributed by atoms with Crippen LogP contribution in [0.3, 0.4) is 0 Å². The summed E-state index contributed by atoms with van der Waals surface area (Å²) in [6, 6.07) is 3.43. The number of hydrogen-bond acceptors (Lipinski definition) is 4. The predicted octanol–water partition coefficient (Wildman–Crippen LogP) is 0.708. The SMILES string of the molecule is CC1(O)CCN(S(=O)(=O)c2c[nH]c3ncccc23)C1. The first-order valence-corrected chi connectivity index (χ1v) is 7.49. The van der Waals surface area contributed by atoms with Crippen LogP contribution >= 0.6 is 0 Å². The lowest BCUT2D eigenvalue weighted by atomic mass is 10.1. The van der Waals surface area contributed by atoms with E-state index >= 15 is 0 Å². The summed E-state index contributed by atoms with van der Waals surface area (Å²) < 4.78 is 26.5. The number of H-pyrrole nitrogens is 1. The molecule has 1 unspecified atom stereocenters. The molecule has 3 heterocycles. The van der Waals surface area contributed by atoms with E-state index in [0.29, 0.717) is 24.0 Å². The zero-order chi connectivity index (χ0) is 13.7. The van der Waals surface area contributed by atoms with Crippen molar-refractivity contribution in [1.82, 2.24) is 14.3 Å². The number of fused-ring (bicyclic) bond motifs is 1. The quantitative estimate of drug-likeness (QED) is 0.848. The Morgan fingerprint density at radius 2 is 2.32 bits per heavy atom. The highest BCUT2D eigenvalue weighted by Gasteiger charge is 2.39. The summed E-state index contributed by atoms with van der Waals surface area (Å²) in [5.41, 5.74) is -0.399. The Labute approximate surface area is 111 Å². The van der Waals surface area contributed by atoms with Crippen LogP contribution < -0.4 is 0 Å². The van der Waals surface area contributed by atoms with Crippen molar-refractivity contribution in [2.45, 2.75) is 23.8 Å². The molecule has 0 amide bonds. The molecule has 7 heteroatoms. The maximum Gasteiger partial charge on any atom is 0.245 e. The number of rotatable bonds is 2. The molecule has 0 saturated carbocycles. The molecular formula is C12H15N3O3S. The van der Waals surface area contributed by atoms with Crippen molar-refractivity contribution in [3.8, 4) is 0 Å². The second-order valence-electron chi connectivity index (χ2n) is 5.14. The van der Waals surface area contributed by atoms with E-state index in [-0.39, 0.29) is 11.4 Å². The minimum Gasteiger partial charge on any atom is -0.389 e. The van der Waals surface area contributed by atoms with Gasteiger partial charge in [0.25, 0.3) is 0 Å². The number of pyridine rings is 1. The molecule has 6 nitrogen and oxygen atoms in total. The number of sulfonamides is 1. The first kappa shape index (κ1) is 12.6. The van der Waals surface area contributed by atoms with Crippen molar-refractivity contribution in [3.05, 3.63) is 24.5 Å². The van der Waals surface area contributed by atoms with E-state index in [1.165, 1.54) is 10.5 Å². The molecule has 1 saturated heterocycles. The van der Waals surface area contributed by atoms with Crippen LogP contribution in [0.25, 0.3) is 11.0 Å². The lowest BCUT2D eigenvalue weighted by molar-refractivity contribution is 0.0762. The Kier molecular flexibility index (Phi) is 2.67. The summed E-state index contributed by atoms with van der Waals surface area (Å²) in [6.45, 7) is 2.11. The average molecular weight is 281 g/mol. The van der Waals surface area contributed by atoms with Gasteiger partial charge in [0.2, 0.25) is 10.0 Å². The molecule has 19 heavy (non-hydrogen) atoms. The van der Waals surface area contributed by atoms with E-state index in [0.717, 1.165) is 0 Å². The fourth-order valence-corrected chi connectivity index (χ4v) is 4.10. The summed E-state index contributed by atoms with van der Waals surface area (Å²) >= 11 is 0. The summed E-state index contributed by atoms with van der Waals surface area (Å²) in [5, 5.41) is 10.5. The van der Waals surface area contributed by atoms with Gasteiger partial charge in [-0.15, -0.1) is 0 Å². The van der Waals surface area contributed by atoms with Crippen LogP contribution in [0.15, 0.2) is 29.4 Å². The van der Waals surface area contributed by atoms with Gasteiger partial charge in [0.15, 0.2) is 0 Å². The van der Waals surface area contributed by atoms with E-state index in [9.17, 15) is 13.5 Å². The van der Waals surface area contributed by atoms with Crippen molar-refractivity contribution < 1.29 is 13.5 Å². The standard InChI is InChI=1S/C12H15N3O3S/c1-12(16)4-6-15(8-12)19(17,18)10-7-14-11-9(10)3-2-5-13-11/h2-3,5,7,16H,4,6,8H2,1H3,(H,13,14). The fourth-order valence-electron chi connectivity index (χ4n) is 2.39. The first-order chi connectivity index (χ1) is 8.90. The summed E-state index contributed by atoms with van der Waals surface area (Å²) in [5.74, 6) is 0. The van der Waals surface area contributed by atoms with E-state index in [1.807, 2.05) is 0 Å². The average Bonchev–Trinajstić information content (AvgIpc) is 2.92.